The third kappa shape index (κ3) is 5.31. The minimum Gasteiger partial charge on any atom is -0.368 e. The molecule has 2 aliphatic rings. The van der Waals surface area contributed by atoms with Gasteiger partial charge in [-0.1, -0.05) is 18.2 Å². The van der Waals surface area contributed by atoms with Gasteiger partial charge in [0.25, 0.3) is 0 Å². The maximum atomic E-state index is 12.6. The van der Waals surface area contributed by atoms with Gasteiger partial charge >= 0.3 is 0 Å². The van der Waals surface area contributed by atoms with Gasteiger partial charge in [0.15, 0.2) is 5.96 Å². The molecule has 1 N–H and O–H groups in total. The molecule has 0 bridgehead atoms. The molecule has 0 spiro atoms. The van der Waals surface area contributed by atoms with Gasteiger partial charge in [-0.15, -0.1) is 0 Å². The summed E-state index contributed by atoms with van der Waals surface area (Å²) in [6, 6.07) is 10.4. The van der Waals surface area contributed by atoms with Crippen molar-refractivity contribution in [2.24, 2.45) is 4.99 Å². The number of piperazine rings is 1. The summed E-state index contributed by atoms with van der Waals surface area (Å²) in [6.07, 6.45) is 0. The van der Waals surface area contributed by atoms with Crippen LogP contribution in [0, 0.1) is 0 Å². The molecular formula is C20H31N5OS. The molecular weight excluding hydrogens is 358 g/mol. The van der Waals surface area contributed by atoms with Gasteiger partial charge in [0, 0.05) is 62.5 Å². The number of thioether (sulfide) groups is 1. The van der Waals surface area contributed by atoms with E-state index in [0.717, 1.165) is 51.0 Å². The van der Waals surface area contributed by atoms with Crippen molar-refractivity contribution in [3.63, 3.8) is 0 Å². The highest BCUT2D eigenvalue weighted by Crippen LogP contribution is 2.29. The van der Waals surface area contributed by atoms with Gasteiger partial charge in [0.1, 0.15) is 0 Å². The topological polar surface area (TPSA) is 51.2 Å². The first kappa shape index (κ1) is 19.9. The Morgan fingerprint density at radius 3 is 2.44 bits per heavy atom. The van der Waals surface area contributed by atoms with E-state index >= 15 is 0 Å². The van der Waals surface area contributed by atoms with E-state index < -0.39 is 0 Å². The summed E-state index contributed by atoms with van der Waals surface area (Å²) in [5.74, 6) is 2.07. The molecule has 2 fully saturated rings. The molecule has 0 aromatic heterocycles. The minimum atomic E-state index is 0.148. The summed E-state index contributed by atoms with van der Waals surface area (Å²) < 4.78 is 0.216. The van der Waals surface area contributed by atoms with Gasteiger partial charge in [-0.3, -0.25) is 9.79 Å². The molecule has 1 amide bonds. The summed E-state index contributed by atoms with van der Waals surface area (Å²) in [4.78, 5) is 23.6. The lowest BCUT2D eigenvalue weighted by Crippen LogP contribution is -2.54. The van der Waals surface area contributed by atoms with Gasteiger partial charge < -0.3 is 20.0 Å². The van der Waals surface area contributed by atoms with Crippen LogP contribution in [0.4, 0.5) is 5.69 Å². The second-order valence-electron chi connectivity index (χ2n) is 7.63. The Bertz CT molecular complexity index is 656. The molecule has 6 nitrogen and oxygen atoms in total. The SMILES string of the molecule is CN=C(NCC(=O)N1CCN(c2ccccc2)CC1)N1CCSC(C)(C)C1. The van der Waals surface area contributed by atoms with Gasteiger partial charge in [0.2, 0.25) is 5.91 Å². The van der Waals surface area contributed by atoms with Crippen LogP contribution in [0.1, 0.15) is 13.8 Å². The van der Waals surface area contributed by atoms with Gasteiger partial charge in [-0.25, -0.2) is 0 Å². The third-order valence-electron chi connectivity index (χ3n) is 5.09. The monoisotopic (exact) mass is 389 g/mol. The van der Waals surface area contributed by atoms with E-state index in [4.69, 9.17) is 0 Å². The number of hydrogen-bond acceptors (Lipinski definition) is 4. The molecule has 7 heteroatoms. The van der Waals surface area contributed by atoms with Crippen LogP contribution in [-0.2, 0) is 4.79 Å². The van der Waals surface area contributed by atoms with Crippen LogP contribution < -0.4 is 10.2 Å². The molecule has 3 rings (SSSR count). The average Bonchev–Trinajstić information content (AvgIpc) is 2.68. The van der Waals surface area contributed by atoms with E-state index in [9.17, 15) is 4.79 Å². The Balaban J connectivity index is 1.46. The number of nitrogens with zero attached hydrogens (tertiary/aromatic N) is 4. The fourth-order valence-corrected chi connectivity index (χ4v) is 4.76. The number of hydrogen-bond donors (Lipinski definition) is 1. The summed E-state index contributed by atoms with van der Waals surface area (Å²) >= 11 is 1.99. The van der Waals surface area contributed by atoms with Crippen molar-refractivity contribution in [1.29, 1.82) is 0 Å². The highest BCUT2D eigenvalue weighted by atomic mass is 32.2. The largest absolute Gasteiger partial charge is 0.368 e. The van der Waals surface area contributed by atoms with E-state index in [-0.39, 0.29) is 10.7 Å². The molecule has 148 valence electrons. The van der Waals surface area contributed by atoms with Crippen molar-refractivity contribution < 1.29 is 4.79 Å². The Kier molecular flexibility index (Phi) is 6.52. The Labute approximate surface area is 167 Å². The van der Waals surface area contributed by atoms with Crippen LogP contribution in [0.5, 0.6) is 0 Å². The molecule has 1 aromatic rings. The number of carbonyl (C=O) groups excluding carboxylic acids is 1. The number of guanidine groups is 1. The maximum absolute atomic E-state index is 12.6. The Hall–Kier alpha value is -1.89. The van der Waals surface area contributed by atoms with Crippen LogP contribution in [0.15, 0.2) is 35.3 Å². The average molecular weight is 390 g/mol. The number of amides is 1. The van der Waals surface area contributed by atoms with Gasteiger partial charge in [-0.2, -0.15) is 11.8 Å². The Morgan fingerprint density at radius 2 is 1.81 bits per heavy atom. The van der Waals surface area contributed by atoms with Crippen LogP contribution in [0.2, 0.25) is 0 Å². The first-order chi connectivity index (χ1) is 13.0. The third-order valence-corrected chi connectivity index (χ3v) is 6.39. The molecule has 0 saturated carbocycles. The smallest absolute Gasteiger partial charge is 0.242 e. The standard InChI is InChI=1S/C20H31N5OS/c1-20(2)16-25(13-14-27-20)19(21-3)22-15-18(26)24-11-9-23(10-12-24)17-7-5-4-6-8-17/h4-8H,9-16H2,1-3H3,(H,21,22). The summed E-state index contributed by atoms with van der Waals surface area (Å²) in [7, 11) is 1.79. The van der Waals surface area contributed by atoms with Crippen LogP contribution in [0.3, 0.4) is 0 Å². The number of nitrogens with one attached hydrogen (secondary N) is 1. The molecule has 0 unspecified atom stereocenters. The normalized spacial score (nSPS) is 20.6. The highest BCUT2D eigenvalue weighted by molar-refractivity contribution is 8.00. The zero-order valence-electron chi connectivity index (χ0n) is 16.6. The second kappa shape index (κ2) is 8.87. The quantitative estimate of drug-likeness (QED) is 0.630. The maximum Gasteiger partial charge on any atom is 0.242 e. The van der Waals surface area contributed by atoms with E-state index in [0.29, 0.717) is 6.54 Å². The summed E-state index contributed by atoms with van der Waals surface area (Å²) in [5.41, 5.74) is 1.23. The zero-order valence-corrected chi connectivity index (χ0v) is 17.5. The molecule has 27 heavy (non-hydrogen) atoms. The molecule has 0 radical (unpaired) electrons. The number of anilines is 1. The van der Waals surface area contributed by atoms with Crippen LogP contribution in [0.25, 0.3) is 0 Å². The van der Waals surface area contributed by atoms with Gasteiger partial charge in [-0.05, 0) is 26.0 Å². The number of aliphatic imine (C=N–C) groups is 1. The first-order valence-corrected chi connectivity index (χ1v) is 10.6. The van der Waals surface area contributed by atoms with Gasteiger partial charge in [0.05, 0.1) is 6.54 Å². The van der Waals surface area contributed by atoms with E-state index in [1.807, 2.05) is 22.7 Å². The number of para-hydroxylation sites is 1. The molecule has 2 aliphatic heterocycles. The molecule has 2 saturated heterocycles. The second-order valence-corrected chi connectivity index (χ2v) is 9.44. The summed E-state index contributed by atoms with van der Waals surface area (Å²) in [6.45, 7) is 10.0. The molecule has 0 atom stereocenters. The fraction of sp³-hybridized carbons (Fsp3) is 0.600. The van der Waals surface area contributed by atoms with Crippen molar-refractivity contribution in [1.82, 2.24) is 15.1 Å². The first-order valence-electron chi connectivity index (χ1n) is 9.66. The zero-order chi connectivity index (χ0) is 19.3. The van der Waals surface area contributed by atoms with Crippen molar-refractivity contribution >= 4 is 29.3 Å². The minimum absolute atomic E-state index is 0.148. The number of rotatable bonds is 3. The fourth-order valence-electron chi connectivity index (χ4n) is 3.65. The summed E-state index contributed by atoms with van der Waals surface area (Å²) in [5, 5.41) is 3.28. The molecule has 2 heterocycles. The molecule has 0 aliphatic carbocycles. The lowest BCUT2D eigenvalue weighted by molar-refractivity contribution is -0.130. The lowest BCUT2D eigenvalue weighted by atomic mass is 10.2. The van der Waals surface area contributed by atoms with Crippen LogP contribution in [-0.4, -0.2) is 85.0 Å². The van der Waals surface area contributed by atoms with Crippen molar-refractivity contribution in [3.05, 3.63) is 30.3 Å². The van der Waals surface area contributed by atoms with E-state index in [1.165, 1.54) is 5.69 Å². The molecule has 1 aromatic carbocycles. The number of benzene rings is 1. The number of carbonyl (C=O) groups is 1. The Morgan fingerprint density at radius 1 is 1.11 bits per heavy atom. The predicted molar refractivity (Wildman–Crippen MR) is 115 cm³/mol. The lowest BCUT2D eigenvalue weighted by Gasteiger charge is -2.39. The van der Waals surface area contributed by atoms with Crippen molar-refractivity contribution in [2.45, 2.75) is 18.6 Å². The van der Waals surface area contributed by atoms with Crippen molar-refractivity contribution in [2.75, 3.05) is 63.5 Å². The van der Waals surface area contributed by atoms with E-state index in [1.54, 1.807) is 7.05 Å². The highest BCUT2D eigenvalue weighted by Gasteiger charge is 2.29. The van der Waals surface area contributed by atoms with E-state index in [2.05, 4.69) is 58.2 Å². The van der Waals surface area contributed by atoms with Crippen molar-refractivity contribution in [3.8, 4) is 0 Å². The van der Waals surface area contributed by atoms with Crippen LogP contribution >= 0.6 is 11.8 Å². The predicted octanol–water partition coefficient (Wildman–Crippen LogP) is 1.74.